The molecule has 0 bridgehead atoms. The molecule has 0 spiro atoms. The van der Waals surface area contributed by atoms with Crippen molar-refractivity contribution in [1.82, 2.24) is 0 Å². The van der Waals surface area contributed by atoms with E-state index in [2.05, 4.69) is 0 Å². The maximum atomic E-state index is 11.8. The van der Waals surface area contributed by atoms with Crippen molar-refractivity contribution in [2.24, 2.45) is 11.1 Å². The number of ketones is 1. The predicted molar refractivity (Wildman–Crippen MR) is 48.5 cm³/mol. The minimum absolute atomic E-state index is 0.0723. The molecule has 1 fully saturated rings. The van der Waals surface area contributed by atoms with Gasteiger partial charge in [0.05, 0.1) is 0 Å². The van der Waals surface area contributed by atoms with Crippen molar-refractivity contribution in [3.63, 3.8) is 0 Å². The Balaban J connectivity index is 2.23. The van der Waals surface area contributed by atoms with E-state index in [1.165, 1.54) is 0 Å². The molecule has 2 rings (SSSR count). The van der Waals surface area contributed by atoms with Crippen LogP contribution in [0.15, 0.2) is 16.5 Å². The highest BCUT2D eigenvalue weighted by molar-refractivity contribution is 6.00. The molecule has 1 aromatic heterocycles. The van der Waals surface area contributed by atoms with Gasteiger partial charge in [0.1, 0.15) is 5.76 Å². The Kier molecular flexibility index (Phi) is 1.77. The lowest BCUT2D eigenvalue weighted by Crippen LogP contribution is -2.24. The first-order chi connectivity index (χ1) is 6.18. The van der Waals surface area contributed by atoms with Crippen molar-refractivity contribution >= 4 is 5.78 Å². The topological polar surface area (TPSA) is 56.2 Å². The molecular weight excluding hydrogens is 166 g/mol. The van der Waals surface area contributed by atoms with Gasteiger partial charge in [-0.15, -0.1) is 0 Å². The van der Waals surface area contributed by atoms with Crippen LogP contribution in [-0.2, 0) is 0 Å². The van der Waals surface area contributed by atoms with Crippen molar-refractivity contribution in [2.75, 3.05) is 6.54 Å². The Morgan fingerprint density at radius 1 is 1.62 bits per heavy atom. The standard InChI is InChI=1S/C10H13NO2/c1-7-2-3-8(13-7)9(12)10(6-11)4-5-10/h2-3H,4-6,11H2,1H3. The van der Waals surface area contributed by atoms with Gasteiger partial charge in [0.25, 0.3) is 0 Å². The van der Waals surface area contributed by atoms with Crippen molar-refractivity contribution in [3.8, 4) is 0 Å². The average Bonchev–Trinajstić information content (AvgIpc) is 2.82. The van der Waals surface area contributed by atoms with Gasteiger partial charge in [-0.25, -0.2) is 0 Å². The molecule has 0 amide bonds. The van der Waals surface area contributed by atoms with E-state index in [0.29, 0.717) is 12.3 Å². The highest BCUT2D eigenvalue weighted by atomic mass is 16.3. The number of aryl methyl sites for hydroxylation is 1. The molecule has 70 valence electrons. The van der Waals surface area contributed by atoms with Crippen LogP contribution in [0.3, 0.4) is 0 Å². The van der Waals surface area contributed by atoms with Crippen molar-refractivity contribution in [3.05, 3.63) is 23.7 Å². The molecule has 0 saturated heterocycles. The van der Waals surface area contributed by atoms with Gasteiger partial charge in [-0.05, 0) is 31.9 Å². The van der Waals surface area contributed by atoms with Crippen LogP contribution in [0.2, 0.25) is 0 Å². The zero-order valence-corrected chi connectivity index (χ0v) is 7.67. The van der Waals surface area contributed by atoms with Gasteiger partial charge >= 0.3 is 0 Å². The van der Waals surface area contributed by atoms with Crippen LogP contribution in [0.5, 0.6) is 0 Å². The summed E-state index contributed by atoms with van der Waals surface area (Å²) in [6, 6.07) is 3.53. The molecule has 0 unspecified atom stereocenters. The average molecular weight is 179 g/mol. The number of carbonyl (C=O) groups is 1. The first kappa shape index (κ1) is 8.51. The minimum Gasteiger partial charge on any atom is -0.458 e. The SMILES string of the molecule is Cc1ccc(C(=O)C2(CN)CC2)o1. The Hall–Kier alpha value is -1.09. The summed E-state index contributed by atoms with van der Waals surface area (Å²) in [6.45, 7) is 2.27. The number of carbonyl (C=O) groups excluding carboxylic acids is 1. The molecule has 1 aliphatic carbocycles. The van der Waals surface area contributed by atoms with Crippen molar-refractivity contribution in [1.29, 1.82) is 0 Å². The van der Waals surface area contributed by atoms with Gasteiger partial charge in [-0.2, -0.15) is 0 Å². The quantitative estimate of drug-likeness (QED) is 0.715. The van der Waals surface area contributed by atoms with Crippen LogP contribution in [0.4, 0.5) is 0 Å². The normalized spacial score (nSPS) is 18.6. The Morgan fingerprint density at radius 3 is 2.69 bits per heavy atom. The molecule has 1 saturated carbocycles. The maximum absolute atomic E-state index is 11.8. The van der Waals surface area contributed by atoms with E-state index >= 15 is 0 Å². The van der Waals surface area contributed by atoms with Gasteiger partial charge < -0.3 is 10.2 Å². The summed E-state index contributed by atoms with van der Waals surface area (Å²) >= 11 is 0. The summed E-state index contributed by atoms with van der Waals surface area (Å²) < 4.78 is 5.27. The Labute approximate surface area is 76.9 Å². The molecular formula is C10H13NO2. The number of furan rings is 1. The van der Waals surface area contributed by atoms with E-state index in [-0.39, 0.29) is 11.2 Å². The molecule has 0 aromatic carbocycles. The summed E-state index contributed by atoms with van der Waals surface area (Å²) in [5.74, 6) is 1.31. The second-order valence-electron chi connectivity index (χ2n) is 3.72. The largest absolute Gasteiger partial charge is 0.458 e. The van der Waals surface area contributed by atoms with Gasteiger partial charge in [0.2, 0.25) is 5.78 Å². The molecule has 3 heteroatoms. The number of hydrogen-bond acceptors (Lipinski definition) is 3. The first-order valence-electron chi connectivity index (χ1n) is 4.49. The van der Waals surface area contributed by atoms with E-state index in [4.69, 9.17) is 10.2 Å². The van der Waals surface area contributed by atoms with Crippen LogP contribution < -0.4 is 5.73 Å². The maximum Gasteiger partial charge on any atom is 0.205 e. The molecule has 0 atom stereocenters. The lowest BCUT2D eigenvalue weighted by molar-refractivity contribution is 0.0875. The van der Waals surface area contributed by atoms with Crippen molar-refractivity contribution in [2.45, 2.75) is 19.8 Å². The highest BCUT2D eigenvalue weighted by Crippen LogP contribution is 2.47. The predicted octanol–water partition coefficient (Wildman–Crippen LogP) is 1.51. The van der Waals surface area contributed by atoms with Crippen LogP contribution in [-0.4, -0.2) is 12.3 Å². The number of Topliss-reactive ketones (excluding diaryl/α,β-unsaturated/α-hetero) is 1. The summed E-state index contributed by atoms with van der Waals surface area (Å²) in [4.78, 5) is 11.8. The summed E-state index contributed by atoms with van der Waals surface area (Å²) in [5, 5.41) is 0. The third kappa shape index (κ3) is 1.29. The van der Waals surface area contributed by atoms with E-state index in [0.717, 1.165) is 18.6 Å². The monoisotopic (exact) mass is 179 g/mol. The fourth-order valence-electron chi connectivity index (χ4n) is 1.49. The molecule has 1 aromatic rings. The second kappa shape index (κ2) is 2.70. The lowest BCUT2D eigenvalue weighted by atomic mass is 10.00. The molecule has 2 N–H and O–H groups in total. The summed E-state index contributed by atoms with van der Waals surface area (Å²) in [7, 11) is 0. The number of nitrogens with two attached hydrogens (primary N) is 1. The smallest absolute Gasteiger partial charge is 0.205 e. The van der Waals surface area contributed by atoms with E-state index in [9.17, 15) is 4.79 Å². The lowest BCUT2D eigenvalue weighted by Gasteiger charge is -2.07. The van der Waals surface area contributed by atoms with Crippen LogP contribution >= 0.6 is 0 Å². The second-order valence-corrected chi connectivity index (χ2v) is 3.72. The molecule has 1 heterocycles. The van der Waals surface area contributed by atoms with Gasteiger partial charge in [-0.3, -0.25) is 4.79 Å². The third-order valence-electron chi connectivity index (χ3n) is 2.69. The zero-order valence-electron chi connectivity index (χ0n) is 7.67. The van der Waals surface area contributed by atoms with Gasteiger partial charge in [-0.1, -0.05) is 0 Å². The molecule has 1 aliphatic rings. The fourth-order valence-corrected chi connectivity index (χ4v) is 1.49. The minimum atomic E-state index is -0.287. The fraction of sp³-hybridized carbons (Fsp3) is 0.500. The van der Waals surface area contributed by atoms with Crippen LogP contribution in [0.25, 0.3) is 0 Å². The van der Waals surface area contributed by atoms with E-state index < -0.39 is 0 Å². The number of rotatable bonds is 3. The van der Waals surface area contributed by atoms with E-state index in [1.807, 2.05) is 6.92 Å². The van der Waals surface area contributed by atoms with Crippen LogP contribution in [0.1, 0.15) is 29.2 Å². The molecule has 3 nitrogen and oxygen atoms in total. The van der Waals surface area contributed by atoms with Gasteiger partial charge in [0, 0.05) is 12.0 Å². The molecule has 0 radical (unpaired) electrons. The molecule has 13 heavy (non-hydrogen) atoms. The van der Waals surface area contributed by atoms with Crippen LogP contribution in [0, 0.1) is 12.3 Å². The number of hydrogen-bond donors (Lipinski definition) is 1. The zero-order chi connectivity index (χ0) is 9.47. The summed E-state index contributed by atoms with van der Waals surface area (Å²) in [5.41, 5.74) is 5.26. The van der Waals surface area contributed by atoms with E-state index in [1.54, 1.807) is 12.1 Å². The first-order valence-corrected chi connectivity index (χ1v) is 4.49. The Bertz CT molecular complexity index is 336. The molecule has 0 aliphatic heterocycles. The third-order valence-corrected chi connectivity index (χ3v) is 2.69. The van der Waals surface area contributed by atoms with Crippen molar-refractivity contribution < 1.29 is 9.21 Å². The Morgan fingerprint density at radius 2 is 2.31 bits per heavy atom. The summed E-state index contributed by atoms with van der Waals surface area (Å²) in [6.07, 6.45) is 1.81. The highest BCUT2D eigenvalue weighted by Gasteiger charge is 2.49. The van der Waals surface area contributed by atoms with Gasteiger partial charge in [0.15, 0.2) is 5.76 Å².